The zero-order chi connectivity index (χ0) is 15.1. The summed E-state index contributed by atoms with van der Waals surface area (Å²) in [7, 11) is 3.78. The fourth-order valence-electron chi connectivity index (χ4n) is 3.39. The van der Waals surface area contributed by atoms with E-state index >= 15 is 0 Å². The molecule has 2 rings (SSSR count). The number of likely N-dealkylation sites (N-methyl/N-ethyl adjacent to an activating group) is 1. The van der Waals surface area contributed by atoms with Crippen molar-refractivity contribution in [3.8, 4) is 5.75 Å². The highest BCUT2D eigenvalue weighted by molar-refractivity contribution is 5.27. The van der Waals surface area contributed by atoms with Gasteiger partial charge in [0, 0.05) is 18.6 Å². The molecule has 1 aliphatic heterocycles. The number of rotatable bonds is 7. The van der Waals surface area contributed by atoms with Crippen LogP contribution in [0, 0.1) is 0 Å². The first-order chi connectivity index (χ1) is 10.2. The summed E-state index contributed by atoms with van der Waals surface area (Å²) < 4.78 is 5.22. The molecule has 0 aromatic heterocycles. The lowest BCUT2D eigenvalue weighted by Gasteiger charge is -2.40. The summed E-state index contributed by atoms with van der Waals surface area (Å²) in [6, 6.07) is 9.87. The Balaban J connectivity index is 1.85. The molecule has 21 heavy (non-hydrogen) atoms. The average molecular weight is 290 g/mol. The van der Waals surface area contributed by atoms with Gasteiger partial charge in [-0.25, -0.2) is 0 Å². The van der Waals surface area contributed by atoms with Gasteiger partial charge >= 0.3 is 0 Å². The van der Waals surface area contributed by atoms with Crippen molar-refractivity contribution in [3.05, 3.63) is 29.8 Å². The number of hydrogen-bond acceptors (Lipinski definition) is 3. The molecule has 1 aromatic carbocycles. The van der Waals surface area contributed by atoms with Gasteiger partial charge in [0.2, 0.25) is 0 Å². The molecule has 1 saturated heterocycles. The molecule has 0 saturated carbocycles. The van der Waals surface area contributed by atoms with Crippen molar-refractivity contribution in [2.45, 2.75) is 51.1 Å². The topological polar surface area (TPSA) is 24.5 Å². The lowest BCUT2D eigenvalue weighted by atomic mass is 9.97. The summed E-state index contributed by atoms with van der Waals surface area (Å²) >= 11 is 0. The molecule has 1 N–H and O–H groups in total. The maximum absolute atomic E-state index is 5.22. The van der Waals surface area contributed by atoms with Crippen LogP contribution in [-0.4, -0.2) is 44.2 Å². The Morgan fingerprint density at radius 2 is 2.05 bits per heavy atom. The van der Waals surface area contributed by atoms with E-state index in [0.29, 0.717) is 6.04 Å². The van der Waals surface area contributed by atoms with Crippen LogP contribution in [0.15, 0.2) is 24.3 Å². The van der Waals surface area contributed by atoms with Gasteiger partial charge in [0.15, 0.2) is 0 Å². The minimum Gasteiger partial charge on any atom is -0.497 e. The molecule has 0 bridgehead atoms. The standard InChI is InChI=1S/C18H30N2O/c1-15(20-13-5-4-6-17(20)14-19-2)7-8-16-9-11-18(21-3)12-10-16/h9-12,15,17,19H,4-8,13-14H2,1-3H3. The van der Waals surface area contributed by atoms with Gasteiger partial charge < -0.3 is 10.1 Å². The molecule has 1 heterocycles. The fraction of sp³-hybridized carbons (Fsp3) is 0.667. The number of nitrogens with one attached hydrogen (secondary N) is 1. The second-order valence-corrected chi connectivity index (χ2v) is 6.18. The maximum Gasteiger partial charge on any atom is 0.118 e. The maximum atomic E-state index is 5.22. The Labute approximate surface area is 129 Å². The monoisotopic (exact) mass is 290 g/mol. The Hall–Kier alpha value is -1.06. The van der Waals surface area contributed by atoms with Crippen LogP contribution < -0.4 is 10.1 Å². The van der Waals surface area contributed by atoms with E-state index in [1.165, 1.54) is 37.8 Å². The predicted octanol–water partition coefficient (Wildman–Crippen LogP) is 3.09. The number of nitrogens with zero attached hydrogens (tertiary/aromatic N) is 1. The SMILES string of the molecule is CNCC1CCCCN1C(C)CCc1ccc(OC)cc1. The molecule has 2 unspecified atom stereocenters. The van der Waals surface area contributed by atoms with Gasteiger partial charge in [-0.1, -0.05) is 18.6 Å². The van der Waals surface area contributed by atoms with Crippen molar-refractivity contribution in [2.24, 2.45) is 0 Å². The van der Waals surface area contributed by atoms with Crippen LogP contribution in [0.3, 0.4) is 0 Å². The molecule has 1 aliphatic rings. The van der Waals surface area contributed by atoms with E-state index in [9.17, 15) is 0 Å². The smallest absolute Gasteiger partial charge is 0.118 e. The minimum absolute atomic E-state index is 0.658. The molecule has 118 valence electrons. The Morgan fingerprint density at radius 3 is 2.71 bits per heavy atom. The van der Waals surface area contributed by atoms with Gasteiger partial charge in [0.25, 0.3) is 0 Å². The molecule has 3 nitrogen and oxygen atoms in total. The first-order valence-electron chi connectivity index (χ1n) is 8.28. The van der Waals surface area contributed by atoms with Gasteiger partial charge in [0.05, 0.1) is 7.11 Å². The van der Waals surface area contributed by atoms with Crippen molar-refractivity contribution >= 4 is 0 Å². The van der Waals surface area contributed by atoms with Gasteiger partial charge in [-0.05, 0) is 63.9 Å². The van der Waals surface area contributed by atoms with Gasteiger partial charge in [-0.15, -0.1) is 0 Å². The van der Waals surface area contributed by atoms with E-state index in [2.05, 4.69) is 48.5 Å². The van der Waals surface area contributed by atoms with Crippen LogP contribution >= 0.6 is 0 Å². The molecule has 0 aliphatic carbocycles. The van der Waals surface area contributed by atoms with Crippen LogP contribution in [0.25, 0.3) is 0 Å². The number of piperidine rings is 1. The van der Waals surface area contributed by atoms with Gasteiger partial charge in [-0.3, -0.25) is 4.90 Å². The Bertz CT molecular complexity index is 402. The molecule has 2 atom stereocenters. The second kappa shape index (κ2) is 8.40. The summed E-state index contributed by atoms with van der Waals surface area (Å²) in [5, 5.41) is 3.35. The van der Waals surface area contributed by atoms with Crippen LogP contribution in [0.4, 0.5) is 0 Å². The Kier molecular flexibility index (Phi) is 6.52. The molecule has 0 amide bonds. The first kappa shape index (κ1) is 16.3. The highest BCUT2D eigenvalue weighted by atomic mass is 16.5. The number of likely N-dealkylation sites (tertiary alicyclic amines) is 1. The molecular formula is C18H30N2O. The van der Waals surface area contributed by atoms with E-state index in [1.54, 1.807) is 7.11 Å². The summed E-state index contributed by atoms with van der Waals surface area (Å²) in [6.45, 7) is 4.76. The normalized spacial score (nSPS) is 21.2. The van der Waals surface area contributed by atoms with Crippen LogP contribution in [0.5, 0.6) is 5.75 Å². The lowest BCUT2D eigenvalue weighted by Crippen LogP contribution is -2.49. The predicted molar refractivity (Wildman–Crippen MR) is 89.0 cm³/mol. The molecule has 0 spiro atoms. The van der Waals surface area contributed by atoms with E-state index < -0.39 is 0 Å². The van der Waals surface area contributed by atoms with Crippen molar-refractivity contribution in [1.82, 2.24) is 10.2 Å². The molecule has 3 heteroatoms. The highest BCUT2D eigenvalue weighted by Gasteiger charge is 2.25. The zero-order valence-electron chi connectivity index (χ0n) is 13.8. The van der Waals surface area contributed by atoms with Gasteiger partial charge in [0.1, 0.15) is 5.75 Å². The number of benzene rings is 1. The van der Waals surface area contributed by atoms with Crippen molar-refractivity contribution in [1.29, 1.82) is 0 Å². The number of aryl methyl sites for hydroxylation is 1. The second-order valence-electron chi connectivity index (χ2n) is 6.18. The van der Waals surface area contributed by atoms with Crippen molar-refractivity contribution < 1.29 is 4.74 Å². The lowest BCUT2D eigenvalue weighted by molar-refractivity contribution is 0.0986. The molecule has 0 radical (unpaired) electrons. The summed E-state index contributed by atoms with van der Waals surface area (Å²) in [6.07, 6.45) is 6.45. The van der Waals surface area contributed by atoms with Gasteiger partial charge in [-0.2, -0.15) is 0 Å². The molecule has 1 fully saturated rings. The summed E-state index contributed by atoms with van der Waals surface area (Å²) in [4.78, 5) is 2.71. The molecular weight excluding hydrogens is 260 g/mol. The molecule has 1 aromatic rings. The van der Waals surface area contributed by atoms with E-state index in [-0.39, 0.29) is 0 Å². The van der Waals surface area contributed by atoms with E-state index in [4.69, 9.17) is 4.74 Å². The number of ether oxygens (including phenoxy) is 1. The summed E-state index contributed by atoms with van der Waals surface area (Å²) in [5.41, 5.74) is 1.41. The fourth-order valence-corrected chi connectivity index (χ4v) is 3.39. The Morgan fingerprint density at radius 1 is 1.29 bits per heavy atom. The number of hydrogen-bond donors (Lipinski definition) is 1. The first-order valence-corrected chi connectivity index (χ1v) is 8.28. The highest BCUT2D eigenvalue weighted by Crippen LogP contribution is 2.22. The number of methoxy groups -OCH3 is 1. The third kappa shape index (κ3) is 4.72. The van der Waals surface area contributed by atoms with E-state index in [0.717, 1.165) is 24.8 Å². The quantitative estimate of drug-likeness (QED) is 0.835. The van der Waals surface area contributed by atoms with Crippen LogP contribution in [0.1, 0.15) is 38.2 Å². The van der Waals surface area contributed by atoms with Crippen molar-refractivity contribution in [2.75, 3.05) is 27.2 Å². The third-order valence-corrected chi connectivity index (χ3v) is 4.69. The summed E-state index contributed by atoms with van der Waals surface area (Å²) in [5.74, 6) is 0.942. The van der Waals surface area contributed by atoms with Crippen LogP contribution in [0.2, 0.25) is 0 Å². The average Bonchev–Trinajstić information content (AvgIpc) is 2.54. The van der Waals surface area contributed by atoms with E-state index in [1.807, 2.05) is 0 Å². The zero-order valence-corrected chi connectivity index (χ0v) is 13.8. The third-order valence-electron chi connectivity index (χ3n) is 4.69. The largest absolute Gasteiger partial charge is 0.497 e. The van der Waals surface area contributed by atoms with Crippen LogP contribution in [-0.2, 0) is 6.42 Å². The van der Waals surface area contributed by atoms with Crippen molar-refractivity contribution in [3.63, 3.8) is 0 Å². The minimum atomic E-state index is 0.658.